The summed E-state index contributed by atoms with van der Waals surface area (Å²) in [6.45, 7) is 6.81. The average Bonchev–Trinajstić information content (AvgIpc) is 3.16. The largest absolute Gasteiger partial charge is 0.497 e. The van der Waals surface area contributed by atoms with Crippen molar-refractivity contribution in [2.45, 2.75) is 32.9 Å². The Kier molecular flexibility index (Phi) is 7.81. The Hall–Kier alpha value is -3.26. The van der Waals surface area contributed by atoms with Gasteiger partial charge in [0.1, 0.15) is 16.2 Å². The van der Waals surface area contributed by atoms with Crippen molar-refractivity contribution in [3.8, 4) is 5.75 Å². The number of hydrogen-bond donors (Lipinski definition) is 1. The molecule has 3 rings (SSSR count). The third-order valence-electron chi connectivity index (χ3n) is 4.82. The number of amides is 1. The van der Waals surface area contributed by atoms with Crippen LogP contribution in [0.1, 0.15) is 36.0 Å². The number of fused-ring (bicyclic) bond motifs is 1. The molecule has 3 aromatic rings. The normalized spacial score (nSPS) is 11.2. The molecule has 176 valence electrons. The number of nitrogens with one attached hydrogen (secondary N) is 1. The lowest BCUT2D eigenvalue weighted by Crippen LogP contribution is -2.38. The highest BCUT2D eigenvalue weighted by atomic mass is 32.1. The van der Waals surface area contributed by atoms with E-state index < -0.39 is 17.7 Å². The number of ether oxygens (including phenoxy) is 3. The molecule has 0 aliphatic rings. The molecule has 0 bridgehead atoms. The summed E-state index contributed by atoms with van der Waals surface area (Å²) in [7, 11) is 2.99. The fourth-order valence-corrected chi connectivity index (χ4v) is 4.54. The van der Waals surface area contributed by atoms with Gasteiger partial charge < -0.3 is 24.4 Å². The Balaban J connectivity index is 1.98. The molecule has 1 aromatic heterocycles. The van der Waals surface area contributed by atoms with Gasteiger partial charge in [-0.25, -0.2) is 9.59 Å². The van der Waals surface area contributed by atoms with E-state index in [4.69, 9.17) is 14.2 Å². The summed E-state index contributed by atoms with van der Waals surface area (Å²) in [5, 5.41) is 3.71. The molecule has 0 radical (unpaired) electrons. The molecule has 1 N–H and O–H groups in total. The van der Waals surface area contributed by atoms with Crippen LogP contribution < -0.4 is 15.0 Å². The number of hydrogen-bond acceptors (Lipinski definition) is 7. The van der Waals surface area contributed by atoms with E-state index in [-0.39, 0.29) is 0 Å². The molecule has 0 aliphatic carbocycles. The quantitative estimate of drug-likeness (QED) is 0.455. The lowest BCUT2D eigenvalue weighted by molar-refractivity contribution is 0.0527. The molecule has 7 nitrogen and oxygen atoms in total. The second-order valence-corrected chi connectivity index (χ2v) is 9.52. The van der Waals surface area contributed by atoms with Crippen LogP contribution in [0.2, 0.25) is 0 Å². The SMILES string of the molecule is COC(=O)c1sc2ccc(OC)cc2c1N(CCNC(=O)OC(C)(C)C)Cc1ccccc1. The maximum Gasteiger partial charge on any atom is 0.407 e. The minimum absolute atomic E-state index is 0.337. The zero-order valence-corrected chi connectivity index (χ0v) is 20.5. The lowest BCUT2D eigenvalue weighted by Gasteiger charge is -2.26. The van der Waals surface area contributed by atoms with Crippen LogP contribution in [0.3, 0.4) is 0 Å². The van der Waals surface area contributed by atoms with Gasteiger partial charge in [0.05, 0.1) is 19.9 Å². The van der Waals surface area contributed by atoms with E-state index in [0.29, 0.717) is 30.3 Å². The van der Waals surface area contributed by atoms with Crippen LogP contribution in [0.4, 0.5) is 10.5 Å². The lowest BCUT2D eigenvalue weighted by atomic mass is 10.1. The van der Waals surface area contributed by atoms with E-state index in [2.05, 4.69) is 10.2 Å². The molecule has 1 heterocycles. The van der Waals surface area contributed by atoms with E-state index in [1.54, 1.807) is 7.11 Å². The zero-order valence-electron chi connectivity index (χ0n) is 19.6. The van der Waals surface area contributed by atoms with Crippen molar-refractivity contribution in [1.82, 2.24) is 5.32 Å². The molecule has 0 saturated carbocycles. The van der Waals surface area contributed by atoms with E-state index in [9.17, 15) is 9.59 Å². The number of nitrogens with zero attached hydrogens (tertiary/aromatic N) is 1. The highest BCUT2D eigenvalue weighted by molar-refractivity contribution is 7.21. The van der Waals surface area contributed by atoms with Crippen LogP contribution in [-0.4, -0.2) is 45.0 Å². The van der Waals surface area contributed by atoms with Crippen LogP contribution in [0.15, 0.2) is 48.5 Å². The highest BCUT2D eigenvalue weighted by Gasteiger charge is 2.25. The molecule has 0 saturated heterocycles. The summed E-state index contributed by atoms with van der Waals surface area (Å²) >= 11 is 1.38. The van der Waals surface area contributed by atoms with Crippen molar-refractivity contribution in [1.29, 1.82) is 0 Å². The van der Waals surface area contributed by atoms with Gasteiger partial charge in [0.15, 0.2) is 0 Å². The van der Waals surface area contributed by atoms with Gasteiger partial charge in [-0.05, 0) is 44.5 Å². The molecule has 33 heavy (non-hydrogen) atoms. The Morgan fingerprint density at radius 2 is 1.79 bits per heavy atom. The number of esters is 1. The van der Waals surface area contributed by atoms with Gasteiger partial charge in [-0.15, -0.1) is 11.3 Å². The van der Waals surface area contributed by atoms with Crippen molar-refractivity contribution in [3.05, 3.63) is 59.0 Å². The molecule has 0 fully saturated rings. The predicted molar refractivity (Wildman–Crippen MR) is 131 cm³/mol. The first-order chi connectivity index (χ1) is 15.7. The molecule has 0 spiro atoms. The summed E-state index contributed by atoms with van der Waals surface area (Å²) in [5.74, 6) is 0.299. The third-order valence-corrected chi connectivity index (χ3v) is 5.96. The number of carbonyl (C=O) groups is 2. The summed E-state index contributed by atoms with van der Waals surface area (Å²) in [6.07, 6.45) is -0.479. The summed E-state index contributed by atoms with van der Waals surface area (Å²) < 4.78 is 16.8. The highest BCUT2D eigenvalue weighted by Crippen LogP contribution is 2.41. The van der Waals surface area contributed by atoms with Crippen LogP contribution >= 0.6 is 11.3 Å². The Morgan fingerprint density at radius 3 is 2.42 bits per heavy atom. The minimum Gasteiger partial charge on any atom is -0.497 e. The first kappa shape index (κ1) is 24.4. The number of benzene rings is 2. The van der Waals surface area contributed by atoms with Gasteiger partial charge >= 0.3 is 12.1 Å². The third kappa shape index (κ3) is 6.38. The zero-order chi connectivity index (χ0) is 24.0. The second kappa shape index (κ2) is 10.6. The maximum atomic E-state index is 12.7. The molecule has 1 amide bonds. The predicted octanol–water partition coefficient (Wildman–Crippen LogP) is 5.23. The van der Waals surface area contributed by atoms with Crippen molar-refractivity contribution >= 4 is 39.2 Å². The van der Waals surface area contributed by atoms with Crippen LogP contribution in [0, 0.1) is 0 Å². The van der Waals surface area contributed by atoms with Crippen LogP contribution in [-0.2, 0) is 16.0 Å². The molecule has 0 aliphatic heterocycles. The molecular formula is C25H30N2O5S. The molecule has 0 unspecified atom stereocenters. The van der Waals surface area contributed by atoms with Crippen LogP contribution in [0.5, 0.6) is 5.75 Å². The maximum absolute atomic E-state index is 12.7. The number of carbonyl (C=O) groups excluding carboxylic acids is 2. The summed E-state index contributed by atoms with van der Waals surface area (Å²) in [6, 6.07) is 15.7. The average molecular weight is 471 g/mol. The first-order valence-electron chi connectivity index (χ1n) is 10.7. The fraction of sp³-hybridized carbons (Fsp3) is 0.360. The van der Waals surface area contributed by atoms with E-state index in [1.165, 1.54) is 18.4 Å². The topological polar surface area (TPSA) is 77.1 Å². The smallest absolute Gasteiger partial charge is 0.407 e. The Morgan fingerprint density at radius 1 is 1.06 bits per heavy atom. The summed E-state index contributed by atoms with van der Waals surface area (Å²) in [5.41, 5.74) is 1.26. The molecule has 0 atom stereocenters. The number of anilines is 1. The minimum atomic E-state index is -0.577. The Bertz CT molecular complexity index is 1110. The number of thiophene rings is 1. The van der Waals surface area contributed by atoms with Gasteiger partial charge in [0.25, 0.3) is 0 Å². The van der Waals surface area contributed by atoms with Gasteiger partial charge in [-0.2, -0.15) is 0 Å². The van der Waals surface area contributed by atoms with E-state index in [0.717, 1.165) is 21.3 Å². The summed E-state index contributed by atoms with van der Waals surface area (Å²) in [4.78, 5) is 27.4. The first-order valence-corrected chi connectivity index (χ1v) is 11.5. The van der Waals surface area contributed by atoms with E-state index >= 15 is 0 Å². The van der Waals surface area contributed by atoms with Crippen molar-refractivity contribution < 1.29 is 23.8 Å². The molecular weight excluding hydrogens is 440 g/mol. The van der Waals surface area contributed by atoms with Crippen molar-refractivity contribution in [3.63, 3.8) is 0 Å². The van der Waals surface area contributed by atoms with E-state index in [1.807, 2.05) is 69.3 Å². The van der Waals surface area contributed by atoms with Gasteiger partial charge in [-0.1, -0.05) is 30.3 Å². The standard InChI is InChI=1S/C25H30N2O5S/c1-25(2,3)32-24(29)26-13-14-27(16-17-9-7-6-8-10-17)21-19-15-18(30-4)11-12-20(19)33-22(21)23(28)31-5/h6-12,15H,13-14,16H2,1-5H3,(H,26,29). The number of methoxy groups -OCH3 is 2. The van der Waals surface area contributed by atoms with Gasteiger partial charge in [0.2, 0.25) is 0 Å². The fourth-order valence-electron chi connectivity index (χ4n) is 3.42. The second-order valence-electron chi connectivity index (χ2n) is 8.47. The van der Waals surface area contributed by atoms with Crippen molar-refractivity contribution in [2.75, 3.05) is 32.2 Å². The molecule has 2 aromatic carbocycles. The van der Waals surface area contributed by atoms with Crippen molar-refractivity contribution in [2.24, 2.45) is 0 Å². The Labute approximate surface area is 198 Å². The number of alkyl carbamates (subject to hydrolysis) is 1. The number of rotatable bonds is 8. The molecule has 8 heteroatoms. The van der Waals surface area contributed by atoms with Gasteiger partial charge in [-0.3, -0.25) is 0 Å². The van der Waals surface area contributed by atoms with Crippen LogP contribution in [0.25, 0.3) is 10.1 Å². The monoisotopic (exact) mass is 470 g/mol. The van der Waals surface area contributed by atoms with Gasteiger partial charge in [0, 0.05) is 29.7 Å².